The summed E-state index contributed by atoms with van der Waals surface area (Å²) in [6.07, 6.45) is 0.990. The highest BCUT2D eigenvalue weighted by molar-refractivity contribution is 7.17. The first-order valence-electron chi connectivity index (χ1n) is 4.90. The van der Waals surface area contributed by atoms with E-state index in [4.69, 9.17) is 5.73 Å². The van der Waals surface area contributed by atoms with E-state index in [1.54, 1.807) is 0 Å². The fourth-order valence-electron chi connectivity index (χ4n) is 2.01. The molecule has 1 aromatic carbocycles. The molecule has 0 bridgehead atoms. The molecule has 0 amide bonds. The van der Waals surface area contributed by atoms with E-state index in [-0.39, 0.29) is 0 Å². The van der Waals surface area contributed by atoms with Crippen LogP contribution in [0.4, 0.5) is 0 Å². The van der Waals surface area contributed by atoms with Crippen molar-refractivity contribution in [3.05, 3.63) is 34.2 Å². The molecule has 0 unspecified atom stereocenters. The van der Waals surface area contributed by atoms with E-state index in [0.717, 1.165) is 13.0 Å². The van der Waals surface area contributed by atoms with Crippen LogP contribution in [-0.2, 0) is 6.42 Å². The molecule has 0 spiro atoms. The molecule has 0 saturated carbocycles. The Labute approximate surface area is 88.6 Å². The molecule has 1 aromatic heterocycles. The van der Waals surface area contributed by atoms with Crippen LogP contribution in [0.2, 0.25) is 0 Å². The molecule has 0 radical (unpaired) electrons. The zero-order valence-electron chi connectivity index (χ0n) is 8.63. The van der Waals surface area contributed by atoms with Gasteiger partial charge in [-0.2, -0.15) is 0 Å². The van der Waals surface area contributed by atoms with E-state index in [9.17, 15) is 0 Å². The highest BCUT2D eigenvalue weighted by Crippen LogP contribution is 2.29. The van der Waals surface area contributed by atoms with Crippen molar-refractivity contribution < 1.29 is 0 Å². The Hall–Kier alpha value is -0.860. The first-order valence-corrected chi connectivity index (χ1v) is 5.78. The van der Waals surface area contributed by atoms with Crippen molar-refractivity contribution in [3.8, 4) is 0 Å². The molecule has 2 rings (SSSR count). The first-order chi connectivity index (χ1) is 6.74. The summed E-state index contributed by atoms with van der Waals surface area (Å²) in [4.78, 5) is 0. The third-order valence-corrected chi connectivity index (χ3v) is 3.63. The van der Waals surface area contributed by atoms with E-state index in [2.05, 4.69) is 31.4 Å². The topological polar surface area (TPSA) is 26.0 Å². The van der Waals surface area contributed by atoms with Crippen molar-refractivity contribution in [2.75, 3.05) is 6.54 Å². The Morgan fingerprint density at radius 3 is 2.86 bits per heavy atom. The number of hydrogen-bond acceptors (Lipinski definition) is 2. The minimum atomic E-state index is 0.733. The second kappa shape index (κ2) is 3.71. The molecule has 0 fully saturated rings. The van der Waals surface area contributed by atoms with Gasteiger partial charge in [-0.05, 0) is 66.4 Å². The summed E-state index contributed by atoms with van der Waals surface area (Å²) in [5.74, 6) is 0. The zero-order valence-corrected chi connectivity index (χ0v) is 9.45. The molecule has 0 aliphatic rings. The molecule has 1 nitrogen and oxygen atoms in total. The Balaban J connectivity index is 2.69. The SMILES string of the molecule is Cc1cc2sccc2c(C)c1CCN. The van der Waals surface area contributed by atoms with Gasteiger partial charge in [0.05, 0.1) is 0 Å². The summed E-state index contributed by atoms with van der Waals surface area (Å²) < 4.78 is 1.39. The molecule has 1 heterocycles. The third-order valence-electron chi connectivity index (χ3n) is 2.77. The minimum Gasteiger partial charge on any atom is -0.330 e. The van der Waals surface area contributed by atoms with Crippen LogP contribution in [0.15, 0.2) is 17.5 Å². The number of rotatable bonds is 2. The lowest BCUT2D eigenvalue weighted by Crippen LogP contribution is -2.05. The maximum atomic E-state index is 5.62. The van der Waals surface area contributed by atoms with Crippen molar-refractivity contribution in [2.24, 2.45) is 5.73 Å². The van der Waals surface area contributed by atoms with Crippen LogP contribution in [0.1, 0.15) is 16.7 Å². The third kappa shape index (κ3) is 1.45. The highest BCUT2D eigenvalue weighted by Gasteiger charge is 2.07. The van der Waals surface area contributed by atoms with Crippen molar-refractivity contribution in [1.82, 2.24) is 0 Å². The van der Waals surface area contributed by atoms with Crippen LogP contribution in [0.3, 0.4) is 0 Å². The molecule has 0 aliphatic carbocycles. The molecule has 0 atom stereocenters. The minimum absolute atomic E-state index is 0.733. The maximum absolute atomic E-state index is 5.62. The van der Waals surface area contributed by atoms with Crippen LogP contribution in [-0.4, -0.2) is 6.54 Å². The van der Waals surface area contributed by atoms with E-state index in [1.165, 1.54) is 26.8 Å². The van der Waals surface area contributed by atoms with Crippen LogP contribution < -0.4 is 5.73 Å². The largest absolute Gasteiger partial charge is 0.330 e. The molecule has 14 heavy (non-hydrogen) atoms. The Kier molecular flexibility index (Phi) is 2.57. The standard InChI is InChI=1S/C12H15NS/c1-8-7-12-11(4-6-14-12)9(2)10(8)3-5-13/h4,6-7H,3,5,13H2,1-2H3. The first kappa shape index (κ1) is 9.69. The predicted octanol–water partition coefficient (Wildman–Crippen LogP) is 3.02. The molecular formula is C12H15NS. The predicted molar refractivity (Wildman–Crippen MR) is 64.1 cm³/mol. The number of nitrogens with two attached hydrogens (primary N) is 1. The monoisotopic (exact) mass is 205 g/mol. The van der Waals surface area contributed by atoms with E-state index >= 15 is 0 Å². The number of benzene rings is 1. The average Bonchev–Trinajstić information content (AvgIpc) is 2.60. The molecule has 2 N–H and O–H groups in total. The average molecular weight is 205 g/mol. The maximum Gasteiger partial charge on any atom is 0.0348 e. The second-order valence-corrected chi connectivity index (χ2v) is 4.62. The summed E-state index contributed by atoms with van der Waals surface area (Å²) in [6, 6.07) is 4.48. The molecule has 2 heteroatoms. The van der Waals surface area contributed by atoms with Gasteiger partial charge >= 0.3 is 0 Å². The number of fused-ring (bicyclic) bond motifs is 1. The van der Waals surface area contributed by atoms with Crippen molar-refractivity contribution in [1.29, 1.82) is 0 Å². The normalized spacial score (nSPS) is 11.1. The van der Waals surface area contributed by atoms with Gasteiger partial charge in [0.25, 0.3) is 0 Å². The summed E-state index contributed by atoms with van der Waals surface area (Å²) in [5.41, 5.74) is 9.84. The van der Waals surface area contributed by atoms with Gasteiger partial charge in [-0.1, -0.05) is 0 Å². The van der Waals surface area contributed by atoms with Crippen LogP contribution in [0.25, 0.3) is 10.1 Å². The molecular weight excluding hydrogens is 190 g/mol. The zero-order chi connectivity index (χ0) is 10.1. The van der Waals surface area contributed by atoms with Gasteiger partial charge in [-0.15, -0.1) is 11.3 Å². The van der Waals surface area contributed by atoms with Gasteiger partial charge < -0.3 is 5.73 Å². The van der Waals surface area contributed by atoms with Gasteiger partial charge in [-0.25, -0.2) is 0 Å². The lowest BCUT2D eigenvalue weighted by molar-refractivity contribution is 0.951. The van der Waals surface area contributed by atoms with Crippen molar-refractivity contribution >= 4 is 21.4 Å². The van der Waals surface area contributed by atoms with Gasteiger partial charge in [0.1, 0.15) is 0 Å². The number of hydrogen-bond donors (Lipinski definition) is 1. The number of aryl methyl sites for hydroxylation is 2. The summed E-state index contributed by atoms with van der Waals surface area (Å²) in [6.45, 7) is 5.11. The van der Waals surface area contributed by atoms with Gasteiger partial charge in [0.2, 0.25) is 0 Å². The fourth-order valence-corrected chi connectivity index (χ4v) is 2.96. The van der Waals surface area contributed by atoms with E-state index < -0.39 is 0 Å². The van der Waals surface area contributed by atoms with Crippen LogP contribution in [0.5, 0.6) is 0 Å². The molecule has 0 aliphatic heterocycles. The lowest BCUT2D eigenvalue weighted by Gasteiger charge is -2.09. The quantitative estimate of drug-likeness (QED) is 0.801. The van der Waals surface area contributed by atoms with Crippen molar-refractivity contribution in [2.45, 2.75) is 20.3 Å². The molecule has 2 aromatic rings. The summed E-state index contributed by atoms with van der Waals surface area (Å²) >= 11 is 1.81. The van der Waals surface area contributed by atoms with Gasteiger partial charge in [0, 0.05) is 4.70 Å². The highest BCUT2D eigenvalue weighted by atomic mass is 32.1. The van der Waals surface area contributed by atoms with Crippen LogP contribution in [0, 0.1) is 13.8 Å². The van der Waals surface area contributed by atoms with Gasteiger partial charge in [-0.3, -0.25) is 0 Å². The smallest absolute Gasteiger partial charge is 0.0348 e. The van der Waals surface area contributed by atoms with Crippen LogP contribution >= 0.6 is 11.3 Å². The lowest BCUT2D eigenvalue weighted by atomic mass is 9.97. The van der Waals surface area contributed by atoms with E-state index in [0.29, 0.717) is 0 Å². The Bertz CT molecular complexity index is 457. The number of thiophene rings is 1. The Morgan fingerprint density at radius 2 is 2.14 bits per heavy atom. The molecule has 0 saturated heterocycles. The van der Waals surface area contributed by atoms with Crippen molar-refractivity contribution in [3.63, 3.8) is 0 Å². The molecule has 74 valence electrons. The van der Waals surface area contributed by atoms with Gasteiger partial charge in [0.15, 0.2) is 0 Å². The Morgan fingerprint density at radius 1 is 1.36 bits per heavy atom. The second-order valence-electron chi connectivity index (χ2n) is 3.67. The summed E-state index contributed by atoms with van der Waals surface area (Å²) in [7, 11) is 0. The fraction of sp³-hybridized carbons (Fsp3) is 0.333. The summed E-state index contributed by atoms with van der Waals surface area (Å²) in [5, 5.41) is 3.55. The van der Waals surface area contributed by atoms with E-state index in [1.807, 2.05) is 11.3 Å².